The van der Waals surface area contributed by atoms with Crippen molar-refractivity contribution in [2.75, 3.05) is 36.4 Å². The molecule has 1 aromatic heterocycles. The lowest BCUT2D eigenvalue weighted by Gasteiger charge is -2.35. The first-order valence-corrected chi connectivity index (χ1v) is 8.93. The molecule has 0 aliphatic carbocycles. The Balaban J connectivity index is 1.60. The number of carbonyl (C=O) groups is 2. The number of aromatic nitrogens is 1. The Bertz CT molecular complexity index is 763. The van der Waals surface area contributed by atoms with E-state index in [9.17, 15) is 9.59 Å². The molecule has 0 radical (unpaired) electrons. The summed E-state index contributed by atoms with van der Waals surface area (Å²) in [5, 5.41) is 2.87. The van der Waals surface area contributed by atoms with Crippen molar-refractivity contribution in [2.24, 2.45) is 0 Å². The van der Waals surface area contributed by atoms with Crippen LogP contribution >= 0.6 is 0 Å². The number of amides is 2. The molecule has 0 saturated carbocycles. The molecule has 2 aromatic rings. The first-order chi connectivity index (χ1) is 12.6. The van der Waals surface area contributed by atoms with Gasteiger partial charge in [-0.05, 0) is 36.2 Å². The molecule has 0 atom stereocenters. The topological polar surface area (TPSA) is 65.5 Å². The summed E-state index contributed by atoms with van der Waals surface area (Å²) in [7, 11) is 0. The molecule has 1 saturated heterocycles. The van der Waals surface area contributed by atoms with Crippen LogP contribution in [0.15, 0.2) is 42.6 Å². The minimum absolute atomic E-state index is 0.113. The summed E-state index contributed by atoms with van der Waals surface area (Å²) in [5.41, 5.74) is 3.35. The average Bonchev–Trinajstić information content (AvgIpc) is 2.69. The summed E-state index contributed by atoms with van der Waals surface area (Å²) in [6.45, 7) is 6.67. The summed E-state index contributed by atoms with van der Waals surface area (Å²) in [4.78, 5) is 32.1. The normalized spacial score (nSPS) is 14.2. The zero-order chi connectivity index (χ0) is 18.5. The fourth-order valence-electron chi connectivity index (χ4n) is 3.01. The number of hydrogen-bond acceptors (Lipinski definition) is 4. The average molecular weight is 352 g/mol. The molecule has 6 heteroatoms. The van der Waals surface area contributed by atoms with E-state index >= 15 is 0 Å². The number of aryl methyl sites for hydroxylation is 1. The van der Waals surface area contributed by atoms with E-state index in [0.717, 1.165) is 30.9 Å². The van der Waals surface area contributed by atoms with Crippen LogP contribution in [-0.4, -0.2) is 47.9 Å². The highest BCUT2D eigenvalue weighted by Gasteiger charge is 2.19. The summed E-state index contributed by atoms with van der Waals surface area (Å²) in [6.07, 6.45) is 2.69. The third-order valence-electron chi connectivity index (χ3n) is 4.69. The molecule has 1 N–H and O–H groups in total. The molecule has 1 aliphatic rings. The molecule has 136 valence electrons. The lowest BCUT2D eigenvalue weighted by molar-refractivity contribution is -0.129. The number of nitrogens with zero attached hydrogens (tertiary/aromatic N) is 3. The highest BCUT2D eigenvalue weighted by molar-refractivity contribution is 6.02. The molecule has 0 spiro atoms. The third-order valence-corrected chi connectivity index (χ3v) is 4.69. The smallest absolute Gasteiger partial charge is 0.274 e. The molecule has 0 unspecified atom stereocenters. The Hall–Kier alpha value is -2.89. The second-order valence-corrected chi connectivity index (χ2v) is 6.40. The van der Waals surface area contributed by atoms with Crippen molar-refractivity contribution in [2.45, 2.75) is 20.3 Å². The fourth-order valence-corrected chi connectivity index (χ4v) is 3.01. The Morgan fingerprint density at radius 1 is 1.04 bits per heavy atom. The summed E-state index contributed by atoms with van der Waals surface area (Å²) in [6, 6.07) is 11.5. The highest BCUT2D eigenvalue weighted by atomic mass is 16.2. The summed E-state index contributed by atoms with van der Waals surface area (Å²) >= 11 is 0. The van der Waals surface area contributed by atoms with Crippen LogP contribution in [0, 0.1) is 0 Å². The van der Waals surface area contributed by atoms with Gasteiger partial charge in [-0.15, -0.1) is 0 Å². The van der Waals surface area contributed by atoms with Crippen LogP contribution in [0.3, 0.4) is 0 Å². The van der Waals surface area contributed by atoms with Gasteiger partial charge < -0.3 is 15.1 Å². The van der Waals surface area contributed by atoms with Crippen molar-refractivity contribution in [1.29, 1.82) is 0 Å². The lowest BCUT2D eigenvalue weighted by atomic mass is 10.1. The van der Waals surface area contributed by atoms with Crippen molar-refractivity contribution < 1.29 is 9.59 Å². The number of piperazine rings is 1. The van der Waals surface area contributed by atoms with E-state index in [1.807, 2.05) is 35.2 Å². The molecular formula is C20H24N4O2. The van der Waals surface area contributed by atoms with Crippen LogP contribution in [-0.2, 0) is 11.2 Å². The van der Waals surface area contributed by atoms with Gasteiger partial charge in [-0.25, -0.2) is 4.98 Å². The molecule has 2 amide bonds. The van der Waals surface area contributed by atoms with Crippen LogP contribution in [0.1, 0.15) is 29.9 Å². The van der Waals surface area contributed by atoms with E-state index in [4.69, 9.17) is 0 Å². The van der Waals surface area contributed by atoms with Gasteiger partial charge in [0.25, 0.3) is 5.91 Å². The van der Waals surface area contributed by atoms with Crippen LogP contribution in [0.4, 0.5) is 11.4 Å². The van der Waals surface area contributed by atoms with Crippen LogP contribution in [0.25, 0.3) is 0 Å². The number of carbonyl (C=O) groups excluding carboxylic acids is 2. The van der Waals surface area contributed by atoms with Gasteiger partial charge >= 0.3 is 0 Å². The summed E-state index contributed by atoms with van der Waals surface area (Å²) < 4.78 is 0. The fraction of sp³-hybridized carbons (Fsp3) is 0.350. The van der Waals surface area contributed by atoms with Crippen molar-refractivity contribution in [3.63, 3.8) is 0 Å². The van der Waals surface area contributed by atoms with E-state index in [2.05, 4.69) is 22.1 Å². The molecule has 2 heterocycles. The Morgan fingerprint density at radius 2 is 1.73 bits per heavy atom. The molecule has 1 fully saturated rings. The molecule has 0 bridgehead atoms. The number of anilines is 2. The summed E-state index contributed by atoms with van der Waals surface area (Å²) in [5.74, 6) is -0.107. The predicted molar refractivity (Wildman–Crippen MR) is 102 cm³/mol. The van der Waals surface area contributed by atoms with E-state index in [-0.39, 0.29) is 11.8 Å². The van der Waals surface area contributed by atoms with E-state index < -0.39 is 0 Å². The monoisotopic (exact) mass is 352 g/mol. The zero-order valence-corrected chi connectivity index (χ0v) is 15.2. The lowest BCUT2D eigenvalue weighted by Crippen LogP contribution is -2.48. The van der Waals surface area contributed by atoms with Crippen LogP contribution in [0.5, 0.6) is 0 Å². The molecular weight excluding hydrogens is 328 g/mol. The van der Waals surface area contributed by atoms with E-state index in [1.165, 1.54) is 5.56 Å². The largest absolute Gasteiger partial charge is 0.367 e. The Kier molecular flexibility index (Phi) is 5.51. The molecule has 26 heavy (non-hydrogen) atoms. The van der Waals surface area contributed by atoms with Crippen molar-refractivity contribution in [1.82, 2.24) is 9.88 Å². The van der Waals surface area contributed by atoms with Gasteiger partial charge in [0, 0.05) is 38.8 Å². The Morgan fingerprint density at radius 3 is 2.27 bits per heavy atom. The van der Waals surface area contributed by atoms with Gasteiger partial charge in [0.15, 0.2) is 0 Å². The molecule has 1 aromatic carbocycles. The first-order valence-electron chi connectivity index (χ1n) is 8.93. The zero-order valence-electron chi connectivity index (χ0n) is 15.2. The SMILES string of the molecule is CCc1ccc(NC(=O)c2ccc(N3CCN(C(C)=O)CC3)cn2)cc1. The predicted octanol–water partition coefficient (Wildman–Crippen LogP) is 2.56. The number of benzene rings is 1. The standard InChI is InChI=1S/C20H24N4O2/c1-3-16-4-6-17(7-5-16)22-20(26)19-9-8-18(14-21-19)24-12-10-23(11-13-24)15(2)25/h4-9,14H,3,10-13H2,1-2H3,(H,22,26). The second kappa shape index (κ2) is 7.99. The molecule has 6 nitrogen and oxygen atoms in total. The number of pyridine rings is 1. The minimum atomic E-state index is -0.220. The number of nitrogens with one attached hydrogen (secondary N) is 1. The number of hydrogen-bond donors (Lipinski definition) is 1. The number of rotatable bonds is 4. The Labute approximate surface area is 153 Å². The van der Waals surface area contributed by atoms with Gasteiger partial charge in [0.1, 0.15) is 5.69 Å². The minimum Gasteiger partial charge on any atom is -0.367 e. The maximum absolute atomic E-state index is 12.3. The second-order valence-electron chi connectivity index (χ2n) is 6.40. The van der Waals surface area contributed by atoms with Gasteiger partial charge in [0.2, 0.25) is 5.91 Å². The van der Waals surface area contributed by atoms with Crippen LogP contribution < -0.4 is 10.2 Å². The van der Waals surface area contributed by atoms with Crippen LogP contribution in [0.2, 0.25) is 0 Å². The maximum atomic E-state index is 12.3. The van der Waals surface area contributed by atoms with Crippen molar-refractivity contribution >= 4 is 23.2 Å². The van der Waals surface area contributed by atoms with Gasteiger partial charge in [-0.3, -0.25) is 9.59 Å². The van der Waals surface area contributed by atoms with E-state index in [1.54, 1.807) is 19.2 Å². The highest BCUT2D eigenvalue weighted by Crippen LogP contribution is 2.17. The van der Waals surface area contributed by atoms with Gasteiger partial charge in [-0.2, -0.15) is 0 Å². The third kappa shape index (κ3) is 4.20. The maximum Gasteiger partial charge on any atom is 0.274 e. The van der Waals surface area contributed by atoms with E-state index in [0.29, 0.717) is 18.8 Å². The molecule has 3 rings (SSSR count). The van der Waals surface area contributed by atoms with Gasteiger partial charge in [0.05, 0.1) is 11.9 Å². The quantitative estimate of drug-likeness (QED) is 0.918. The van der Waals surface area contributed by atoms with Gasteiger partial charge in [-0.1, -0.05) is 19.1 Å². The molecule has 1 aliphatic heterocycles. The first kappa shape index (κ1) is 17.9. The van der Waals surface area contributed by atoms with Crippen molar-refractivity contribution in [3.8, 4) is 0 Å². The van der Waals surface area contributed by atoms with Crippen molar-refractivity contribution in [3.05, 3.63) is 53.9 Å².